The highest BCUT2D eigenvalue weighted by Crippen LogP contribution is 2.28. The Hall–Kier alpha value is -1.91. The lowest BCUT2D eigenvalue weighted by atomic mass is 10.1. The second-order valence-corrected chi connectivity index (χ2v) is 3.04. The Kier molecular flexibility index (Phi) is 1.92. The molecule has 1 aliphatic rings. The maximum Gasteiger partial charge on any atom is 0.407 e. The van der Waals surface area contributed by atoms with E-state index in [4.69, 9.17) is 9.84 Å². The summed E-state index contributed by atoms with van der Waals surface area (Å²) in [6, 6.07) is 4.13. The number of hydrogen-bond acceptors (Lipinski definition) is 4. The minimum atomic E-state index is -0.470. The van der Waals surface area contributed by atoms with Crippen molar-refractivity contribution in [2.45, 2.75) is 6.04 Å². The van der Waals surface area contributed by atoms with Crippen LogP contribution in [0.5, 0.6) is 11.5 Å². The molecule has 1 aromatic carbocycles. The van der Waals surface area contributed by atoms with Crippen molar-refractivity contribution in [1.82, 2.24) is 5.32 Å². The van der Waals surface area contributed by atoms with E-state index in [1.54, 1.807) is 6.07 Å². The number of alkyl carbamates (subject to hydrolysis) is 1. The van der Waals surface area contributed by atoms with Gasteiger partial charge in [-0.1, -0.05) is 6.07 Å². The molecule has 1 saturated heterocycles. The van der Waals surface area contributed by atoms with Crippen LogP contribution >= 0.6 is 0 Å². The van der Waals surface area contributed by atoms with Gasteiger partial charge in [-0.25, -0.2) is 4.79 Å². The minimum Gasteiger partial charge on any atom is -0.504 e. The zero-order chi connectivity index (χ0) is 10.1. The fourth-order valence-corrected chi connectivity index (χ4v) is 1.32. The number of nitrogens with one attached hydrogen (secondary N) is 1. The van der Waals surface area contributed by atoms with E-state index < -0.39 is 6.09 Å². The smallest absolute Gasteiger partial charge is 0.407 e. The molecule has 1 amide bonds. The lowest BCUT2D eigenvalue weighted by Crippen LogP contribution is -2.18. The molecule has 1 atom stereocenters. The highest BCUT2D eigenvalue weighted by Gasteiger charge is 2.24. The van der Waals surface area contributed by atoms with Crippen LogP contribution in [0.15, 0.2) is 18.2 Å². The zero-order valence-electron chi connectivity index (χ0n) is 7.23. The number of rotatable bonds is 1. The second-order valence-electron chi connectivity index (χ2n) is 3.04. The molecule has 0 saturated carbocycles. The Morgan fingerprint density at radius 3 is 2.71 bits per heavy atom. The van der Waals surface area contributed by atoms with Gasteiger partial charge in [-0.15, -0.1) is 0 Å². The number of ether oxygens (including phenoxy) is 1. The van der Waals surface area contributed by atoms with E-state index in [1.807, 2.05) is 0 Å². The fourth-order valence-electron chi connectivity index (χ4n) is 1.32. The summed E-state index contributed by atoms with van der Waals surface area (Å²) >= 11 is 0. The van der Waals surface area contributed by atoms with Crippen LogP contribution in [0.3, 0.4) is 0 Å². The zero-order valence-corrected chi connectivity index (χ0v) is 7.23. The van der Waals surface area contributed by atoms with Crippen molar-refractivity contribution in [3.8, 4) is 11.5 Å². The van der Waals surface area contributed by atoms with Crippen molar-refractivity contribution in [3.05, 3.63) is 23.8 Å². The number of phenols is 2. The molecule has 1 fully saturated rings. The highest BCUT2D eigenvalue weighted by atomic mass is 16.6. The molecule has 1 aliphatic heterocycles. The maximum absolute atomic E-state index is 10.7. The Balaban J connectivity index is 2.24. The molecule has 0 bridgehead atoms. The fraction of sp³-hybridized carbons (Fsp3) is 0.222. The molecule has 0 aliphatic carbocycles. The van der Waals surface area contributed by atoms with Gasteiger partial charge in [0.1, 0.15) is 6.61 Å². The molecule has 3 N–H and O–H groups in total. The van der Waals surface area contributed by atoms with Crippen molar-refractivity contribution in [2.24, 2.45) is 0 Å². The number of hydrogen-bond donors (Lipinski definition) is 3. The lowest BCUT2D eigenvalue weighted by molar-refractivity contribution is 0.177. The third kappa shape index (κ3) is 1.44. The summed E-state index contributed by atoms with van der Waals surface area (Å²) in [6.45, 7) is 0.239. The molecule has 1 aromatic rings. The van der Waals surface area contributed by atoms with E-state index in [9.17, 15) is 9.90 Å². The molecule has 14 heavy (non-hydrogen) atoms. The van der Waals surface area contributed by atoms with E-state index in [-0.39, 0.29) is 24.1 Å². The SMILES string of the molecule is O=C1N[C@@H](c2ccc(O)c(O)c2)CO1. The summed E-state index contributed by atoms with van der Waals surface area (Å²) in [7, 11) is 0. The average Bonchev–Trinajstić information content (AvgIpc) is 2.57. The van der Waals surface area contributed by atoms with Gasteiger partial charge in [0.25, 0.3) is 0 Å². The molecule has 5 heteroatoms. The first-order valence-corrected chi connectivity index (χ1v) is 4.12. The first-order valence-electron chi connectivity index (χ1n) is 4.12. The van der Waals surface area contributed by atoms with E-state index in [2.05, 4.69) is 5.32 Å². The molecule has 0 radical (unpaired) electrons. The highest BCUT2D eigenvalue weighted by molar-refractivity contribution is 5.70. The topological polar surface area (TPSA) is 78.8 Å². The Morgan fingerprint density at radius 2 is 2.14 bits per heavy atom. The molecule has 1 heterocycles. The summed E-state index contributed by atoms with van der Waals surface area (Å²) in [5, 5.41) is 20.9. The number of amides is 1. The molecular formula is C9H9NO4. The van der Waals surface area contributed by atoms with E-state index in [0.717, 1.165) is 0 Å². The van der Waals surface area contributed by atoms with Gasteiger partial charge in [-0.2, -0.15) is 0 Å². The van der Waals surface area contributed by atoms with Gasteiger partial charge in [0.15, 0.2) is 11.5 Å². The minimum absolute atomic E-state index is 0.181. The van der Waals surface area contributed by atoms with E-state index in [0.29, 0.717) is 5.56 Å². The largest absolute Gasteiger partial charge is 0.504 e. The molecule has 0 aromatic heterocycles. The van der Waals surface area contributed by atoms with Crippen LogP contribution in [0.1, 0.15) is 11.6 Å². The third-order valence-electron chi connectivity index (χ3n) is 2.08. The van der Waals surface area contributed by atoms with Gasteiger partial charge in [0.05, 0.1) is 6.04 Å². The molecule has 0 spiro atoms. The first-order chi connectivity index (χ1) is 6.66. The van der Waals surface area contributed by atoms with Gasteiger partial charge in [-0.3, -0.25) is 0 Å². The monoisotopic (exact) mass is 195 g/mol. The van der Waals surface area contributed by atoms with Crippen molar-refractivity contribution < 1.29 is 19.7 Å². The molecule has 2 rings (SSSR count). The van der Waals surface area contributed by atoms with Crippen molar-refractivity contribution in [3.63, 3.8) is 0 Å². The molecule has 5 nitrogen and oxygen atoms in total. The van der Waals surface area contributed by atoms with E-state index >= 15 is 0 Å². The summed E-state index contributed by atoms with van der Waals surface area (Å²) in [6.07, 6.45) is -0.470. The second kappa shape index (κ2) is 3.10. The summed E-state index contributed by atoms with van der Waals surface area (Å²) < 4.78 is 4.70. The Labute approximate surface area is 79.9 Å². The van der Waals surface area contributed by atoms with Crippen LogP contribution in [-0.2, 0) is 4.74 Å². The average molecular weight is 195 g/mol. The predicted molar refractivity (Wildman–Crippen MR) is 47.0 cm³/mol. The van der Waals surface area contributed by atoms with Crippen LogP contribution < -0.4 is 5.32 Å². The van der Waals surface area contributed by atoms with Gasteiger partial charge in [-0.05, 0) is 17.7 Å². The summed E-state index contributed by atoms with van der Waals surface area (Å²) in [5.41, 5.74) is 0.700. The summed E-state index contributed by atoms with van der Waals surface area (Å²) in [5.74, 6) is -0.386. The van der Waals surface area contributed by atoms with Crippen molar-refractivity contribution in [2.75, 3.05) is 6.61 Å². The number of benzene rings is 1. The van der Waals surface area contributed by atoms with Gasteiger partial charge in [0, 0.05) is 0 Å². The quantitative estimate of drug-likeness (QED) is 0.581. The summed E-state index contributed by atoms with van der Waals surface area (Å²) in [4.78, 5) is 10.7. The van der Waals surface area contributed by atoms with Crippen molar-refractivity contribution >= 4 is 6.09 Å². The molecular weight excluding hydrogens is 186 g/mol. The predicted octanol–water partition coefficient (Wildman–Crippen LogP) is 0.879. The molecule has 74 valence electrons. The molecule has 0 unspecified atom stereocenters. The van der Waals surface area contributed by atoms with Gasteiger partial charge in [0.2, 0.25) is 0 Å². The van der Waals surface area contributed by atoms with Crippen LogP contribution in [-0.4, -0.2) is 22.9 Å². The number of cyclic esters (lactones) is 1. The van der Waals surface area contributed by atoms with Crippen LogP contribution in [0.25, 0.3) is 0 Å². The van der Waals surface area contributed by atoms with Crippen LogP contribution in [0.4, 0.5) is 4.79 Å². The van der Waals surface area contributed by atoms with E-state index in [1.165, 1.54) is 12.1 Å². The van der Waals surface area contributed by atoms with Crippen LogP contribution in [0, 0.1) is 0 Å². The van der Waals surface area contributed by atoms with Gasteiger partial charge < -0.3 is 20.3 Å². The standard InChI is InChI=1S/C9H9NO4/c11-7-2-1-5(3-8(7)12)6-4-14-9(13)10-6/h1-3,6,11-12H,4H2,(H,10,13)/t6-/m1/s1. The maximum atomic E-state index is 10.7. The Morgan fingerprint density at radius 1 is 1.36 bits per heavy atom. The van der Waals surface area contributed by atoms with Crippen molar-refractivity contribution in [1.29, 1.82) is 0 Å². The lowest BCUT2D eigenvalue weighted by Gasteiger charge is -2.08. The van der Waals surface area contributed by atoms with Gasteiger partial charge >= 0.3 is 6.09 Å². The number of carbonyl (C=O) groups excluding carboxylic acids is 1. The first kappa shape index (κ1) is 8.68. The number of aromatic hydroxyl groups is 2. The normalized spacial score (nSPS) is 20.3. The van der Waals surface area contributed by atoms with Crippen LogP contribution in [0.2, 0.25) is 0 Å². The number of phenolic OH excluding ortho intramolecular Hbond substituents is 2. The third-order valence-corrected chi connectivity index (χ3v) is 2.08. The number of carbonyl (C=O) groups is 1. The Bertz CT molecular complexity index is 377.